The van der Waals surface area contributed by atoms with Crippen molar-refractivity contribution in [3.05, 3.63) is 0 Å². The molecule has 8 heavy (non-hydrogen) atoms. The smallest absolute Gasteiger partial charge is 0.127 e. The van der Waals surface area contributed by atoms with E-state index >= 15 is 0 Å². The Morgan fingerprint density at radius 2 is 2.00 bits per heavy atom. The monoisotopic (exact) mass is 162 g/mol. The molecule has 44 valence electrons. The summed E-state index contributed by atoms with van der Waals surface area (Å²) in [6.45, 7) is 0. The molecule has 0 aromatic heterocycles. The minimum atomic E-state index is 0. The van der Waals surface area contributed by atoms with Crippen LogP contribution >= 0.6 is 23.2 Å². The maximum absolute atomic E-state index is 5.33. The van der Waals surface area contributed by atoms with Crippen molar-refractivity contribution in [3.8, 4) is 11.3 Å². The molecule has 0 spiro atoms. The van der Waals surface area contributed by atoms with E-state index in [1.165, 1.54) is 0 Å². The standard InChI is InChI=1S/C5H6Cl2.Mg.2H/c6-4-2-1-3-5-7;;;/h1-2,4H2;;;. The van der Waals surface area contributed by atoms with Crippen LogP contribution in [0.25, 0.3) is 0 Å². The fraction of sp³-hybridized carbons (Fsp3) is 0.600. The van der Waals surface area contributed by atoms with Gasteiger partial charge in [0.15, 0.2) is 0 Å². The molecular formula is C5H8Cl2Mg. The lowest BCUT2D eigenvalue weighted by atomic mass is 10.4. The third-order valence-corrected chi connectivity index (χ3v) is 0.903. The SMILES string of the molecule is ClC#CCCCCl.[MgH2]. The molecule has 0 fully saturated rings. The first kappa shape index (κ1) is 11.7. The first-order chi connectivity index (χ1) is 3.41. The quantitative estimate of drug-likeness (QED) is 0.249. The van der Waals surface area contributed by atoms with Gasteiger partial charge < -0.3 is 0 Å². The Labute approximate surface area is 76.1 Å². The average molecular weight is 163 g/mol. The molecule has 0 heterocycles. The predicted octanol–water partition coefficient (Wildman–Crippen LogP) is 1.29. The molecule has 0 aromatic rings. The number of rotatable bonds is 2. The van der Waals surface area contributed by atoms with E-state index in [-0.39, 0.29) is 23.1 Å². The predicted molar refractivity (Wildman–Crippen MR) is 42.1 cm³/mol. The highest BCUT2D eigenvalue weighted by molar-refractivity contribution is 6.30. The third kappa shape index (κ3) is 10.0. The minimum absolute atomic E-state index is 0. The van der Waals surface area contributed by atoms with Gasteiger partial charge in [0.05, 0.1) is 0 Å². The van der Waals surface area contributed by atoms with Gasteiger partial charge in [-0.05, 0) is 18.0 Å². The molecule has 0 N–H and O–H groups in total. The van der Waals surface area contributed by atoms with Crippen LogP contribution in [0.5, 0.6) is 0 Å². The zero-order valence-corrected chi connectivity index (χ0v) is 5.39. The highest BCUT2D eigenvalue weighted by Crippen LogP contribution is 1.88. The van der Waals surface area contributed by atoms with E-state index in [0.717, 1.165) is 12.8 Å². The molecule has 0 aliphatic rings. The van der Waals surface area contributed by atoms with Gasteiger partial charge in [0.2, 0.25) is 0 Å². The molecule has 0 radical (unpaired) electrons. The zero-order valence-electron chi connectivity index (χ0n) is 3.88. The summed E-state index contributed by atoms with van der Waals surface area (Å²) < 4.78 is 0. The van der Waals surface area contributed by atoms with Crippen LogP contribution in [0, 0.1) is 11.3 Å². The fourth-order valence-corrected chi connectivity index (χ4v) is 0.431. The summed E-state index contributed by atoms with van der Waals surface area (Å²) in [5.41, 5.74) is 0. The van der Waals surface area contributed by atoms with Crippen LogP contribution in [-0.2, 0) is 0 Å². The van der Waals surface area contributed by atoms with Gasteiger partial charge in [-0.1, -0.05) is 5.92 Å². The van der Waals surface area contributed by atoms with Crippen LogP contribution in [0.1, 0.15) is 12.8 Å². The molecule has 0 saturated carbocycles. The van der Waals surface area contributed by atoms with Gasteiger partial charge in [0, 0.05) is 17.7 Å². The lowest BCUT2D eigenvalue weighted by molar-refractivity contribution is 0.992. The lowest BCUT2D eigenvalue weighted by Gasteiger charge is -1.78. The highest BCUT2D eigenvalue weighted by Gasteiger charge is 1.74. The molecule has 0 nitrogen and oxygen atoms in total. The van der Waals surface area contributed by atoms with Crippen molar-refractivity contribution in [1.82, 2.24) is 0 Å². The molecule has 0 aromatic carbocycles. The second-order valence-electron chi connectivity index (χ2n) is 1.06. The molecule has 0 amide bonds. The molecular weight excluding hydrogens is 155 g/mol. The summed E-state index contributed by atoms with van der Waals surface area (Å²) in [6.07, 6.45) is 1.74. The van der Waals surface area contributed by atoms with Gasteiger partial charge >= 0.3 is 23.1 Å². The van der Waals surface area contributed by atoms with Crippen LogP contribution in [0.2, 0.25) is 0 Å². The number of halogens is 2. The molecule has 0 atom stereocenters. The van der Waals surface area contributed by atoms with Crippen LogP contribution in [0.4, 0.5) is 0 Å². The Hall–Kier alpha value is 0.906. The Morgan fingerprint density at radius 1 is 1.38 bits per heavy atom. The highest BCUT2D eigenvalue weighted by atomic mass is 35.5. The maximum Gasteiger partial charge on any atom is 0.316 e. The summed E-state index contributed by atoms with van der Waals surface area (Å²) in [5.74, 6) is 3.35. The van der Waals surface area contributed by atoms with Crippen LogP contribution < -0.4 is 0 Å². The van der Waals surface area contributed by atoms with E-state index in [1.54, 1.807) is 0 Å². The van der Waals surface area contributed by atoms with Crippen molar-refractivity contribution in [2.24, 2.45) is 0 Å². The van der Waals surface area contributed by atoms with Crippen LogP contribution in [0.15, 0.2) is 0 Å². The van der Waals surface area contributed by atoms with Crippen molar-refractivity contribution < 1.29 is 0 Å². The van der Waals surface area contributed by atoms with Crippen LogP contribution in [-0.4, -0.2) is 28.9 Å². The second-order valence-corrected chi connectivity index (χ2v) is 1.63. The number of hydrogen-bond acceptors (Lipinski definition) is 0. The minimum Gasteiger partial charge on any atom is -0.127 e. The first-order valence-corrected chi connectivity index (χ1v) is 2.97. The van der Waals surface area contributed by atoms with E-state index in [4.69, 9.17) is 23.2 Å². The normalized spacial score (nSPS) is 6.25. The molecule has 0 aliphatic carbocycles. The maximum atomic E-state index is 5.33. The largest absolute Gasteiger partial charge is 0.316 e. The van der Waals surface area contributed by atoms with E-state index in [0.29, 0.717) is 5.88 Å². The molecule has 3 heteroatoms. The summed E-state index contributed by atoms with van der Waals surface area (Å²) in [7, 11) is 0. The lowest BCUT2D eigenvalue weighted by Crippen LogP contribution is -1.68. The Balaban J connectivity index is 0. The zero-order chi connectivity index (χ0) is 5.54. The van der Waals surface area contributed by atoms with E-state index < -0.39 is 0 Å². The molecule has 0 saturated heterocycles. The summed E-state index contributed by atoms with van der Waals surface area (Å²) in [5, 5.41) is 2.27. The van der Waals surface area contributed by atoms with Crippen molar-refractivity contribution in [3.63, 3.8) is 0 Å². The van der Waals surface area contributed by atoms with E-state index in [2.05, 4.69) is 11.3 Å². The van der Waals surface area contributed by atoms with Crippen molar-refractivity contribution in [2.75, 3.05) is 5.88 Å². The summed E-state index contributed by atoms with van der Waals surface area (Å²) >= 11 is 10.4. The summed E-state index contributed by atoms with van der Waals surface area (Å²) in [6, 6.07) is 0. The van der Waals surface area contributed by atoms with E-state index in [9.17, 15) is 0 Å². The fourth-order valence-electron chi connectivity index (χ4n) is 0.202. The Morgan fingerprint density at radius 3 is 2.38 bits per heavy atom. The molecule has 0 rings (SSSR count). The summed E-state index contributed by atoms with van der Waals surface area (Å²) in [4.78, 5) is 0. The van der Waals surface area contributed by atoms with Gasteiger partial charge in [-0.15, -0.1) is 11.6 Å². The molecule has 0 bridgehead atoms. The molecule has 0 unspecified atom stereocenters. The van der Waals surface area contributed by atoms with Gasteiger partial charge in [0.1, 0.15) is 0 Å². The van der Waals surface area contributed by atoms with Gasteiger partial charge in [0.25, 0.3) is 0 Å². The van der Waals surface area contributed by atoms with Gasteiger partial charge in [-0.25, -0.2) is 0 Å². The van der Waals surface area contributed by atoms with Crippen molar-refractivity contribution in [1.29, 1.82) is 0 Å². The van der Waals surface area contributed by atoms with Crippen molar-refractivity contribution >= 4 is 46.3 Å². The van der Waals surface area contributed by atoms with Gasteiger partial charge in [-0.3, -0.25) is 0 Å². The third-order valence-electron chi connectivity index (χ3n) is 0.502. The second kappa shape index (κ2) is 10.8. The topological polar surface area (TPSA) is 0 Å². The molecule has 0 aliphatic heterocycles. The number of unbranched alkanes of at least 4 members (excludes halogenated alkanes) is 1. The number of alkyl halides is 1. The Bertz CT molecular complexity index is 82.2. The van der Waals surface area contributed by atoms with Gasteiger partial charge in [-0.2, -0.15) is 0 Å². The first-order valence-electron chi connectivity index (χ1n) is 2.06. The van der Waals surface area contributed by atoms with Crippen LogP contribution in [0.3, 0.4) is 0 Å². The number of hydrogen-bond donors (Lipinski definition) is 0. The average Bonchev–Trinajstić information content (AvgIpc) is 1.69. The Kier molecular flexibility index (Phi) is 15.8. The van der Waals surface area contributed by atoms with Crippen molar-refractivity contribution in [2.45, 2.75) is 12.8 Å². The van der Waals surface area contributed by atoms with E-state index in [1.807, 2.05) is 0 Å².